The third kappa shape index (κ3) is 4.79. The van der Waals surface area contributed by atoms with Crippen LogP contribution in [-0.4, -0.2) is 24.3 Å². The van der Waals surface area contributed by atoms with E-state index < -0.39 is 17.7 Å². The fourth-order valence-corrected chi connectivity index (χ4v) is 1.44. The number of hydrogen-bond donors (Lipinski definition) is 2. The maximum absolute atomic E-state index is 11.7. The van der Waals surface area contributed by atoms with Crippen LogP contribution in [0, 0.1) is 0 Å². The van der Waals surface area contributed by atoms with Gasteiger partial charge in [0.2, 0.25) is 0 Å². The molecule has 0 aliphatic heterocycles. The van der Waals surface area contributed by atoms with E-state index in [-0.39, 0.29) is 17.9 Å². The van der Waals surface area contributed by atoms with Crippen LogP contribution in [0.3, 0.4) is 0 Å². The van der Waals surface area contributed by atoms with Crippen molar-refractivity contribution >= 4 is 23.4 Å². The second-order valence-electron chi connectivity index (χ2n) is 5.15. The Hall–Kier alpha value is -2.24. The molecule has 0 atom stereocenters. The van der Waals surface area contributed by atoms with Crippen molar-refractivity contribution in [1.82, 2.24) is 0 Å². The van der Waals surface area contributed by atoms with Crippen LogP contribution < -0.4 is 11.1 Å². The van der Waals surface area contributed by atoms with Gasteiger partial charge in [-0.3, -0.25) is 5.32 Å². The minimum atomic E-state index is -0.600. The Labute approximate surface area is 118 Å². The van der Waals surface area contributed by atoms with Crippen LogP contribution in [0.5, 0.6) is 0 Å². The van der Waals surface area contributed by atoms with Crippen molar-refractivity contribution < 1.29 is 19.1 Å². The summed E-state index contributed by atoms with van der Waals surface area (Å²) in [6.07, 6.45) is -0.600. The number of carbonyl (C=O) groups is 2. The molecule has 0 saturated heterocycles. The van der Waals surface area contributed by atoms with E-state index in [1.807, 2.05) is 0 Å². The van der Waals surface area contributed by atoms with Crippen LogP contribution in [0.15, 0.2) is 18.2 Å². The first-order chi connectivity index (χ1) is 9.23. The molecule has 1 aromatic rings. The van der Waals surface area contributed by atoms with Crippen LogP contribution in [0.4, 0.5) is 16.2 Å². The maximum atomic E-state index is 11.7. The minimum absolute atomic E-state index is 0.209. The number of carbonyl (C=O) groups excluding carboxylic acids is 2. The zero-order valence-corrected chi connectivity index (χ0v) is 12.1. The van der Waals surface area contributed by atoms with E-state index >= 15 is 0 Å². The number of hydrogen-bond acceptors (Lipinski definition) is 5. The van der Waals surface area contributed by atoms with E-state index in [4.69, 9.17) is 15.2 Å². The molecule has 1 rings (SSSR count). The Bertz CT molecular complexity index is 506. The van der Waals surface area contributed by atoms with E-state index in [2.05, 4.69) is 5.32 Å². The molecule has 0 aliphatic rings. The lowest BCUT2D eigenvalue weighted by Gasteiger charge is -2.19. The number of nitrogens with one attached hydrogen (secondary N) is 1. The molecule has 6 nitrogen and oxygen atoms in total. The lowest BCUT2D eigenvalue weighted by Crippen LogP contribution is -2.27. The molecular weight excluding hydrogens is 260 g/mol. The highest BCUT2D eigenvalue weighted by Crippen LogP contribution is 2.19. The summed E-state index contributed by atoms with van der Waals surface area (Å²) in [5.74, 6) is -0.530. The van der Waals surface area contributed by atoms with E-state index in [9.17, 15) is 9.59 Å². The minimum Gasteiger partial charge on any atom is -0.462 e. The Morgan fingerprint density at radius 2 is 1.95 bits per heavy atom. The van der Waals surface area contributed by atoms with E-state index in [0.717, 1.165) is 0 Å². The Morgan fingerprint density at radius 3 is 2.50 bits per heavy atom. The van der Waals surface area contributed by atoms with Gasteiger partial charge in [-0.2, -0.15) is 0 Å². The molecule has 0 fully saturated rings. The number of benzene rings is 1. The molecule has 0 saturated carbocycles. The monoisotopic (exact) mass is 280 g/mol. The molecule has 0 bridgehead atoms. The molecular formula is C14H20N2O4. The molecule has 0 aromatic heterocycles. The molecule has 20 heavy (non-hydrogen) atoms. The van der Waals surface area contributed by atoms with Crippen molar-refractivity contribution in [3.8, 4) is 0 Å². The Morgan fingerprint density at radius 1 is 1.30 bits per heavy atom. The Balaban J connectivity index is 2.85. The first kappa shape index (κ1) is 15.8. The smallest absolute Gasteiger partial charge is 0.412 e. The van der Waals surface area contributed by atoms with Crippen molar-refractivity contribution in [2.24, 2.45) is 0 Å². The fraction of sp³-hybridized carbons (Fsp3) is 0.429. The predicted octanol–water partition coefficient (Wildman–Crippen LogP) is 2.79. The normalized spacial score (nSPS) is 10.8. The number of rotatable bonds is 3. The quantitative estimate of drug-likeness (QED) is 0.656. The van der Waals surface area contributed by atoms with Gasteiger partial charge in [0, 0.05) is 11.4 Å². The van der Waals surface area contributed by atoms with Gasteiger partial charge in [0.1, 0.15) is 5.60 Å². The molecule has 3 N–H and O–H groups in total. The summed E-state index contributed by atoms with van der Waals surface area (Å²) in [5, 5.41) is 2.54. The number of anilines is 2. The van der Waals surface area contributed by atoms with Crippen molar-refractivity contribution in [3.63, 3.8) is 0 Å². The maximum Gasteiger partial charge on any atom is 0.412 e. The van der Waals surface area contributed by atoms with E-state index in [1.165, 1.54) is 12.1 Å². The average Bonchev–Trinajstić information content (AvgIpc) is 2.29. The van der Waals surface area contributed by atoms with Gasteiger partial charge in [-0.05, 0) is 45.9 Å². The summed E-state index contributed by atoms with van der Waals surface area (Å²) in [6, 6.07) is 4.57. The fourth-order valence-electron chi connectivity index (χ4n) is 1.44. The van der Waals surface area contributed by atoms with Crippen molar-refractivity contribution in [3.05, 3.63) is 23.8 Å². The summed E-state index contributed by atoms with van der Waals surface area (Å²) in [6.45, 7) is 7.25. The third-order valence-corrected chi connectivity index (χ3v) is 2.19. The second kappa shape index (κ2) is 6.27. The molecule has 0 unspecified atom stereocenters. The highest BCUT2D eigenvalue weighted by atomic mass is 16.6. The number of nitrogens with two attached hydrogens (primary N) is 1. The van der Waals surface area contributed by atoms with E-state index in [0.29, 0.717) is 5.69 Å². The molecule has 110 valence electrons. The first-order valence-corrected chi connectivity index (χ1v) is 6.29. The molecule has 0 radical (unpaired) electrons. The van der Waals surface area contributed by atoms with Gasteiger partial charge in [-0.15, -0.1) is 0 Å². The number of ether oxygens (including phenoxy) is 2. The van der Waals surface area contributed by atoms with Crippen LogP contribution >= 0.6 is 0 Å². The van der Waals surface area contributed by atoms with Gasteiger partial charge in [-0.1, -0.05) is 0 Å². The highest BCUT2D eigenvalue weighted by Gasteiger charge is 2.17. The summed E-state index contributed by atoms with van der Waals surface area (Å²) in [4.78, 5) is 23.3. The summed E-state index contributed by atoms with van der Waals surface area (Å²) >= 11 is 0. The predicted molar refractivity (Wildman–Crippen MR) is 76.7 cm³/mol. The SMILES string of the molecule is CCOC(=O)c1cc(NC(=O)OC(C)(C)C)ccc1N. The summed E-state index contributed by atoms with van der Waals surface area (Å²) < 4.78 is 10.0. The van der Waals surface area contributed by atoms with Gasteiger partial charge in [-0.25, -0.2) is 9.59 Å². The number of amides is 1. The van der Waals surface area contributed by atoms with Crippen LogP contribution in [-0.2, 0) is 9.47 Å². The highest BCUT2D eigenvalue weighted by molar-refractivity contribution is 5.97. The topological polar surface area (TPSA) is 90.6 Å². The van der Waals surface area contributed by atoms with Gasteiger partial charge in [0.05, 0.1) is 12.2 Å². The lowest BCUT2D eigenvalue weighted by atomic mass is 10.1. The summed E-state index contributed by atoms with van der Waals surface area (Å²) in [5.41, 5.74) is 6.03. The first-order valence-electron chi connectivity index (χ1n) is 6.29. The van der Waals surface area contributed by atoms with E-state index in [1.54, 1.807) is 33.8 Å². The molecule has 0 spiro atoms. The van der Waals surface area contributed by atoms with Crippen molar-refractivity contribution in [2.45, 2.75) is 33.3 Å². The third-order valence-electron chi connectivity index (χ3n) is 2.19. The Kier molecular flexibility index (Phi) is 4.96. The molecule has 0 heterocycles. The van der Waals surface area contributed by atoms with Gasteiger partial charge in [0.15, 0.2) is 0 Å². The molecule has 1 aromatic carbocycles. The van der Waals surface area contributed by atoms with Gasteiger partial charge in [0.25, 0.3) is 0 Å². The zero-order chi connectivity index (χ0) is 15.3. The van der Waals surface area contributed by atoms with Crippen LogP contribution in [0.1, 0.15) is 38.1 Å². The summed E-state index contributed by atoms with van der Waals surface area (Å²) in [7, 11) is 0. The van der Waals surface area contributed by atoms with Gasteiger partial charge < -0.3 is 15.2 Å². The molecule has 1 amide bonds. The van der Waals surface area contributed by atoms with Crippen LogP contribution in [0.2, 0.25) is 0 Å². The molecule has 6 heteroatoms. The van der Waals surface area contributed by atoms with Crippen molar-refractivity contribution in [1.29, 1.82) is 0 Å². The number of nitrogen functional groups attached to an aromatic ring is 1. The molecule has 0 aliphatic carbocycles. The van der Waals surface area contributed by atoms with Gasteiger partial charge >= 0.3 is 12.1 Å². The zero-order valence-electron chi connectivity index (χ0n) is 12.1. The average molecular weight is 280 g/mol. The lowest BCUT2D eigenvalue weighted by molar-refractivity contribution is 0.0526. The largest absolute Gasteiger partial charge is 0.462 e. The second-order valence-corrected chi connectivity index (χ2v) is 5.15. The van der Waals surface area contributed by atoms with Crippen LogP contribution in [0.25, 0.3) is 0 Å². The number of esters is 1. The standard InChI is InChI=1S/C14H20N2O4/c1-5-19-12(17)10-8-9(6-7-11(10)15)16-13(18)20-14(2,3)4/h6-8H,5,15H2,1-4H3,(H,16,18). The van der Waals surface area contributed by atoms with Crippen molar-refractivity contribution in [2.75, 3.05) is 17.7 Å².